The summed E-state index contributed by atoms with van der Waals surface area (Å²) in [6.07, 6.45) is 4.36. The molecule has 1 atom stereocenters. The van der Waals surface area contributed by atoms with Crippen LogP contribution in [0, 0.1) is 6.92 Å². The van der Waals surface area contributed by atoms with Crippen molar-refractivity contribution in [3.8, 4) is 0 Å². The number of rotatable bonds is 2. The lowest BCUT2D eigenvalue weighted by atomic mass is 10.1. The third-order valence-corrected chi connectivity index (χ3v) is 3.27. The van der Waals surface area contributed by atoms with Crippen LogP contribution in [0.4, 0.5) is 0 Å². The molecule has 0 spiro atoms. The van der Waals surface area contributed by atoms with Gasteiger partial charge in [-0.15, -0.1) is 12.4 Å². The van der Waals surface area contributed by atoms with Crippen molar-refractivity contribution in [1.82, 2.24) is 14.7 Å². The van der Waals surface area contributed by atoms with Crippen LogP contribution < -0.4 is 5.73 Å². The minimum absolute atomic E-state index is 0. The highest BCUT2D eigenvalue weighted by Crippen LogP contribution is 2.14. The van der Waals surface area contributed by atoms with E-state index in [2.05, 4.69) is 16.9 Å². The van der Waals surface area contributed by atoms with Gasteiger partial charge in [-0.05, 0) is 26.3 Å². The first-order chi connectivity index (χ1) is 7.16. The maximum atomic E-state index is 5.96. The molecule has 2 heterocycles. The van der Waals surface area contributed by atoms with Crippen molar-refractivity contribution >= 4 is 12.4 Å². The Morgan fingerprint density at radius 3 is 2.88 bits per heavy atom. The number of aryl methyl sites for hydroxylation is 1. The molecule has 1 fully saturated rings. The van der Waals surface area contributed by atoms with Crippen LogP contribution in [0.5, 0.6) is 0 Å². The number of aromatic nitrogens is 2. The minimum Gasteiger partial charge on any atom is -0.327 e. The van der Waals surface area contributed by atoms with Crippen molar-refractivity contribution in [3.63, 3.8) is 0 Å². The largest absolute Gasteiger partial charge is 0.327 e. The van der Waals surface area contributed by atoms with Crippen LogP contribution in [0.2, 0.25) is 0 Å². The highest BCUT2D eigenvalue weighted by atomic mass is 35.5. The van der Waals surface area contributed by atoms with Gasteiger partial charge < -0.3 is 5.73 Å². The average molecular weight is 245 g/mol. The Kier molecular flexibility index (Phi) is 4.77. The number of piperidine rings is 1. The molecule has 16 heavy (non-hydrogen) atoms. The van der Waals surface area contributed by atoms with Gasteiger partial charge in [0, 0.05) is 37.4 Å². The summed E-state index contributed by atoms with van der Waals surface area (Å²) in [5, 5.41) is 4.26. The Bertz CT molecular complexity index is 337. The molecule has 1 unspecified atom stereocenters. The lowest BCUT2D eigenvalue weighted by Gasteiger charge is -2.30. The summed E-state index contributed by atoms with van der Waals surface area (Å²) >= 11 is 0. The van der Waals surface area contributed by atoms with E-state index in [1.807, 2.05) is 17.9 Å². The van der Waals surface area contributed by atoms with E-state index in [-0.39, 0.29) is 12.4 Å². The first kappa shape index (κ1) is 13.5. The number of nitrogens with two attached hydrogens (primary N) is 1. The van der Waals surface area contributed by atoms with Crippen LogP contribution in [0.1, 0.15) is 24.1 Å². The SMILES string of the molecule is Cc1c(CN2CCCC(N)C2)cnn1C.Cl. The maximum Gasteiger partial charge on any atom is 0.0537 e. The van der Waals surface area contributed by atoms with Crippen molar-refractivity contribution in [3.05, 3.63) is 17.5 Å². The van der Waals surface area contributed by atoms with E-state index in [0.29, 0.717) is 6.04 Å². The van der Waals surface area contributed by atoms with Crippen LogP contribution in [0.25, 0.3) is 0 Å². The van der Waals surface area contributed by atoms with Gasteiger partial charge in [-0.2, -0.15) is 5.10 Å². The summed E-state index contributed by atoms with van der Waals surface area (Å²) in [4.78, 5) is 2.43. The van der Waals surface area contributed by atoms with Crippen LogP contribution in [-0.2, 0) is 13.6 Å². The number of hydrogen-bond acceptors (Lipinski definition) is 3. The molecule has 2 N–H and O–H groups in total. The molecule has 0 bridgehead atoms. The number of hydrogen-bond donors (Lipinski definition) is 1. The van der Waals surface area contributed by atoms with Crippen molar-refractivity contribution in [1.29, 1.82) is 0 Å². The molecule has 1 aliphatic heterocycles. The molecule has 1 saturated heterocycles. The zero-order valence-corrected chi connectivity index (χ0v) is 10.8. The van der Waals surface area contributed by atoms with Gasteiger partial charge in [-0.25, -0.2) is 0 Å². The van der Waals surface area contributed by atoms with Gasteiger partial charge >= 0.3 is 0 Å². The van der Waals surface area contributed by atoms with Gasteiger partial charge in [0.2, 0.25) is 0 Å². The standard InChI is InChI=1S/C11H20N4.ClH/c1-9-10(6-13-14(9)2)7-15-5-3-4-11(12)8-15;/h6,11H,3-5,7-8,12H2,1-2H3;1H. The third-order valence-electron chi connectivity index (χ3n) is 3.27. The molecule has 4 nitrogen and oxygen atoms in total. The molecule has 2 rings (SSSR count). The fraction of sp³-hybridized carbons (Fsp3) is 0.727. The second kappa shape index (κ2) is 5.66. The highest BCUT2D eigenvalue weighted by molar-refractivity contribution is 5.85. The van der Waals surface area contributed by atoms with Gasteiger partial charge in [0.1, 0.15) is 0 Å². The van der Waals surface area contributed by atoms with E-state index in [1.165, 1.54) is 30.6 Å². The fourth-order valence-corrected chi connectivity index (χ4v) is 2.18. The number of nitrogens with zero attached hydrogens (tertiary/aromatic N) is 3. The summed E-state index contributed by atoms with van der Waals surface area (Å²) in [5.74, 6) is 0. The van der Waals surface area contributed by atoms with Crippen molar-refractivity contribution in [2.24, 2.45) is 12.8 Å². The molecule has 1 aliphatic rings. The number of likely N-dealkylation sites (tertiary alicyclic amines) is 1. The summed E-state index contributed by atoms with van der Waals surface area (Å²) in [7, 11) is 1.99. The Morgan fingerprint density at radius 1 is 1.56 bits per heavy atom. The summed E-state index contributed by atoms with van der Waals surface area (Å²) in [5.41, 5.74) is 8.54. The summed E-state index contributed by atoms with van der Waals surface area (Å²) < 4.78 is 1.93. The van der Waals surface area contributed by atoms with Crippen LogP contribution in [0.3, 0.4) is 0 Å². The molecule has 0 aromatic carbocycles. The molecule has 1 aromatic rings. The van der Waals surface area contributed by atoms with Crippen molar-refractivity contribution in [2.45, 2.75) is 32.4 Å². The zero-order chi connectivity index (χ0) is 10.8. The second-order valence-corrected chi connectivity index (χ2v) is 4.52. The Balaban J connectivity index is 0.00000128. The maximum absolute atomic E-state index is 5.96. The Morgan fingerprint density at radius 2 is 2.31 bits per heavy atom. The van der Waals surface area contributed by atoms with Gasteiger partial charge in [0.05, 0.1) is 6.20 Å². The van der Waals surface area contributed by atoms with E-state index in [1.54, 1.807) is 0 Å². The lowest BCUT2D eigenvalue weighted by Crippen LogP contribution is -2.42. The van der Waals surface area contributed by atoms with Crippen LogP contribution in [0.15, 0.2) is 6.20 Å². The van der Waals surface area contributed by atoms with E-state index >= 15 is 0 Å². The average Bonchev–Trinajstić information content (AvgIpc) is 2.50. The van der Waals surface area contributed by atoms with E-state index < -0.39 is 0 Å². The highest BCUT2D eigenvalue weighted by Gasteiger charge is 2.17. The monoisotopic (exact) mass is 244 g/mol. The van der Waals surface area contributed by atoms with Crippen LogP contribution >= 0.6 is 12.4 Å². The van der Waals surface area contributed by atoms with E-state index in [9.17, 15) is 0 Å². The van der Waals surface area contributed by atoms with Crippen molar-refractivity contribution in [2.75, 3.05) is 13.1 Å². The molecule has 5 heteroatoms. The predicted octanol–water partition coefficient (Wildman–Crippen LogP) is 1.07. The lowest BCUT2D eigenvalue weighted by molar-refractivity contribution is 0.201. The first-order valence-electron chi connectivity index (χ1n) is 5.62. The smallest absolute Gasteiger partial charge is 0.0537 e. The molecule has 0 radical (unpaired) electrons. The van der Waals surface area contributed by atoms with E-state index in [0.717, 1.165) is 13.1 Å². The molecule has 0 saturated carbocycles. The van der Waals surface area contributed by atoms with E-state index in [4.69, 9.17) is 5.73 Å². The van der Waals surface area contributed by atoms with Crippen molar-refractivity contribution < 1.29 is 0 Å². The quantitative estimate of drug-likeness (QED) is 0.847. The summed E-state index contributed by atoms with van der Waals surface area (Å²) in [6.45, 7) is 5.30. The summed E-state index contributed by atoms with van der Waals surface area (Å²) in [6, 6.07) is 0.357. The Hall–Kier alpha value is -0.580. The Labute approximate surface area is 103 Å². The topological polar surface area (TPSA) is 47.1 Å². The van der Waals surface area contributed by atoms with Gasteiger partial charge in [0.15, 0.2) is 0 Å². The predicted molar refractivity (Wildman–Crippen MR) is 67.7 cm³/mol. The first-order valence-corrected chi connectivity index (χ1v) is 5.62. The second-order valence-electron chi connectivity index (χ2n) is 4.52. The number of halogens is 1. The molecular weight excluding hydrogens is 224 g/mol. The molecule has 0 amide bonds. The van der Waals surface area contributed by atoms with Gasteiger partial charge in [-0.1, -0.05) is 0 Å². The van der Waals surface area contributed by atoms with Crippen LogP contribution in [-0.4, -0.2) is 33.8 Å². The van der Waals surface area contributed by atoms with Gasteiger partial charge in [-0.3, -0.25) is 9.58 Å². The normalized spacial score (nSPS) is 21.8. The third kappa shape index (κ3) is 2.97. The zero-order valence-electron chi connectivity index (χ0n) is 10.0. The molecule has 1 aromatic heterocycles. The minimum atomic E-state index is 0. The fourth-order valence-electron chi connectivity index (χ4n) is 2.18. The molecule has 92 valence electrons. The molecule has 0 aliphatic carbocycles. The van der Waals surface area contributed by atoms with Gasteiger partial charge in [0.25, 0.3) is 0 Å². The molecular formula is C11H21ClN4.